The number of H-pyrrole nitrogens is 1. The Morgan fingerprint density at radius 1 is 1.23 bits per heavy atom. The van der Waals surface area contributed by atoms with Crippen LogP contribution in [0.25, 0.3) is 0 Å². The number of imide groups is 1. The normalized spacial score (nSPS) is 23.2. The van der Waals surface area contributed by atoms with Crippen molar-refractivity contribution < 1.29 is 22.7 Å². The van der Waals surface area contributed by atoms with Gasteiger partial charge in [0.05, 0.1) is 5.02 Å². The fourth-order valence-electron chi connectivity index (χ4n) is 3.52. The van der Waals surface area contributed by atoms with Crippen LogP contribution in [0, 0.1) is 0 Å². The number of nitrogens with one attached hydrogen (secondary N) is 3. The van der Waals surface area contributed by atoms with Crippen molar-refractivity contribution in [2.24, 2.45) is 0 Å². The number of urea groups is 1. The van der Waals surface area contributed by atoms with E-state index in [1.807, 2.05) is 0 Å². The second kappa shape index (κ2) is 7.85. The summed E-state index contributed by atoms with van der Waals surface area (Å²) in [7, 11) is -3.90. The van der Waals surface area contributed by atoms with E-state index in [1.165, 1.54) is 22.9 Å². The molecule has 0 spiro atoms. The molecule has 2 fully saturated rings. The topological polar surface area (TPSA) is 146 Å². The van der Waals surface area contributed by atoms with Gasteiger partial charge in [0.15, 0.2) is 5.54 Å². The number of ether oxygens (including phenoxy) is 1. The SMILES string of the molecule is O=C1NC(=O)C(CS(=O)(=O)N2CCC(Oc3ccc(Cl)cn3)CC2)(c2ncc[nH]2)N1. The van der Waals surface area contributed by atoms with Crippen molar-refractivity contribution in [3.05, 3.63) is 41.6 Å². The van der Waals surface area contributed by atoms with Gasteiger partial charge in [0.2, 0.25) is 15.9 Å². The minimum absolute atomic E-state index is 0.0569. The monoisotopic (exact) mass is 454 g/mol. The summed E-state index contributed by atoms with van der Waals surface area (Å²) in [5, 5.41) is 5.01. The zero-order valence-electron chi connectivity index (χ0n) is 15.7. The molecule has 2 aliphatic rings. The van der Waals surface area contributed by atoms with Crippen molar-refractivity contribution in [3.63, 3.8) is 0 Å². The first-order valence-corrected chi connectivity index (χ1v) is 11.2. The number of piperidine rings is 1. The maximum absolute atomic E-state index is 13.1. The molecule has 30 heavy (non-hydrogen) atoms. The third kappa shape index (κ3) is 3.98. The second-order valence-electron chi connectivity index (χ2n) is 7.04. The number of aromatic nitrogens is 3. The molecule has 13 heteroatoms. The van der Waals surface area contributed by atoms with Crippen molar-refractivity contribution in [1.82, 2.24) is 29.9 Å². The van der Waals surface area contributed by atoms with E-state index in [9.17, 15) is 18.0 Å². The van der Waals surface area contributed by atoms with Crippen molar-refractivity contribution in [2.45, 2.75) is 24.5 Å². The standard InChI is InChI=1S/C17H19ClN6O5S/c18-11-1-2-13(21-9-11)29-12-3-7-24(8-4-12)30(27,28)10-17(14-19-5-6-20-14)15(25)22-16(26)23-17/h1-2,5-6,9,12H,3-4,7-8,10H2,(H,19,20)(H2,22,23,25,26). The lowest BCUT2D eigenvalue weighted by molar-refractivity contribution is -0.123. The molecular formula is C17H19ClN6O5S. The molecule has 1 unspecified atom stereocenters. The quantitative estimate of drug-likeness (QED) is 0.534. The van der Waals surface area contributed by atoms with Crippen LogP contribution in [0.4, 0.5) is 4.79 Å². The lowest BCUT2D eigenvalue weighted by atomic mass is 10.0. The molecule has 0 aromatic carbocycles. The van der Waals surface area contributed by atoms with E-state index >= 15 is 0 Å². The number of carbonyl (C=O) groups is 2. The maximum Gasteiger partial charge on any atom is 0.322 e. The van der Waals surface area contributed by atoms with Gasteiger partial charge in [0, 0.05) is 37.7 Å². The zero-order chi connectivity index (χ0) is 21.4. The molecule has 0 aliphatic carbocycles. The van der Waals surface area contributed by atoms with E-state index in [4.69, 9.17) is 16.3 Å². The number of aromatic amines is 1. The molecular weight excluding hydrogens is 436 g/mol. The highest BCUT2D eigenvalue weighted by molar-refractivity contribution is 7.89. The van der Waals surface area contributed by atoms with Crippen molar-refractivity contribution >= 4 is 33.6 Å². The van der Waals surface area contributed by atoms with E-state index < -0.39 is 33.3 Å². The van der Waals surface area contributed by atoms with Crippen LogP contribution in [0.15, 0.2) is 30.7 Å². The molecule has 4 rings (SSSR count). The second-order valence-corrected chi connectivity index (χ2v) is 9.44. The summed E-state index contributed by atoms with van der Waals surface area (Å²) in [4.78, 5) is 35.0. The molecule has 3 N–H and O–H groups in total. The number of sulfonamides is 1. The highest BCUT2D eigenvalue weighted by Crippen LogP contribution is 2.27. The van der Waals surface area contributed by atoms with Crippen LogP contribution in [-0.2, 0) is 20.4 Å². The van der Waals surface area contributed by atoms with Gasteiger partial charge >= 0.3 is 6.03 Å². The molecule has 0 radical (unpaired) electrons. The van der Waals surface area contributed by atoms with Gasteiger partial charge in [0.1, 0.15) is 17.7 Å². The largest absolute Gasteiger partial charge is 0.474 e. The average Bonchev–Trinajstić information content (AvgIpc) is 3.33. The smallest absolute Gasteiger partial charge is 0.322 e. The molecule has 2 saturated heterocycles. The van der Waals surface area contributed by atoms with E-state index in [2.05, 4.69) is 25.6 Å². The van der Waals surface area contributed by atoms with Gasteiger partial charge in [-0.2, -0.15) is 0 Å². The Morgan fingerprint density at radius 3 is 2.57 bits per heavy atom. The van der Waals surface area contributed by atoms with Gasteiger partial charge in [-0.1, -0.05) is 11.6 Å². The summed E-state index contributed by atoms with van der Waals surface area (Å²) >= 11 is 5.81. The van der Waals surface area contributed by atoms with Gasteiger partial charge in [-0.15, -0.1) is 0 Å². The van der Waals surface area contributed by atoms with E-state index in [0.717, 1.165) is 0 Å². The summed E-state index contributed by atoms with van der Waals surface area (Å²) in [6.07, 6.45) is 5.03. The first kappa shape index (κ1) is 20.6. The van der Waals surface area contributed by atoms with Crippen molar-refractivity contribution in [1.29, 1.82) is 0 Å². The number of pyridine rings is 1. The lowest BCUT2D eigenvalue weighted by Crippen LogP contribution is -2.54. The van der Waals surface area contributed by atoms with Gasteiger partial charge in [-0.3, -0.25) is 10.1 Å². The number of amides is 3. The number of hydrogen-bond donors (Lipinski definition) is 3. The first-order valence-electron chi connectivity index (χ1n) is 9.18. The van der Waals surface area contributed by atoms with Crippen LogP contribution in [0.2, 0.25) is 5.02 Å². The number of rotatable bonds is 6. The molecule has 160 valence electrons. The van der Waals surface area contributed by atoms with Crippen LogP contribution in [0.3, 0.4) is 0 Å². The van der Waals surface area contributed by atoms with Crippen LogP contribution in [-0.4, -0.2) is 64.6 Å². The maximum atomic E-state index is 13.1. The minimum Gasteiger partial charge on any atom is -0.474 e. The molecule has 3 amide bonds. The summed E-state index contributed by atoms with van der Waals surface area (Å²) in [5.74, 6) is -0.933. The molecule has 1 atom stereocenters. The van der Waals surface area contributed by atoms with Crippen molar-refractivity contribution in [3.8, 4) is 5.88 Å². The lowest BCUT2D eigenvalue weighted by Gasteiger charge is -2.33. The highest BCUT2D eigenvalue weighted by atomic mass is 35.5. The highest BCUT2D eigenvalue weighted by Gasteiger charge is 2.53. The van der Waals surface area contributed by atoms with E-state index in [-0.39, 0.29) is 25.0 Å². The van der Waals surface area contributed by atoms with Gasteiger partial charge in [-0.25, -0.2) is 27.5 Å². The average molecular weight is 455 g/mol. The van der Waals surface area contributed by atoms with Crippen LogP contribution in [0.1, 0.15) is 18.7 Å². The van der Waals surface area contributed by atoms with Crippen molar-refractivity contribution in [2.75, 3.05) is 18.8 Å². The summed E-state index contributed by atoms with van der Waals surface area (Å²) < 4.78 is 33.2. The number of imidazole rings is 1. The van der Waals surface area contributed by atoms with Crippen LogP contribution >= 0.6 is 11.6 Å². The minimum atomic E-state index is -3.90. The van der Waals surface area contributed by atoms with Crippen LogP contribution < -0.4 is 15.4 Å². The molecule has 2 aromatic rings. The predicted octanol–water partition coefficient (Wildman–Crippen LogP) is 0.366. The number of hydrogen-bond acceptors (Lipinski definition) is 7. The molecule has 0 bridgehead atoms. The molecule has 2 aromatic heterocycles. The fraction of sp³-hybridized carbons (Fsp3) is 0.412. The Labute approximate surface area is 177 Å². The van der Waals surface area contributed by atoms with Gasteiger partial charge in [-0.05, 0) is 18.9 Å². The molecule has 2 aliphatic heterocycles. The number of halogens is 1. The third-order valence-electron chi connectivity index (χ3n) is 5.02. The van der Waals surface area contributed by atoms with E-state index in [0.29, 0.717) is 23.7 Å². The number of nitrogens with zero attached hydrogens (tertiary/aromatic N) is 3. The van der Waals surface area contributed by atoms with E-state index in [1.54, 1.807) is 12.1 Å². The Balaban J connectivity index is 1.44. The third-order valence-corrected chi connectivity index (χ3v) is 7.20. The Hall–Kier alpha value is -2.70. The molecule has 0 saturated carbocycles. The number of carbonyl (C=O) groups excluding carboxylic acids is 2. The predicted molar refractivity (Wildman–Crippen MR) is 105 cm³/mol. The van der Waals surface area contributed by atoms with Crippen LogP contribution in [0.5, 0.6) is 5.88 Å². The fourth-order valence-corrected chi connectivity index (χ4v) is 5.47. The Kier molecular flexibility index (Phi) is 5.38. The molecule has 11 nitrogen and oxygen atoms in total. The summed E-state index contributed by atoms with van der Waals surface area (Å²) in [6.45, 7) is 0.425. The first-order chi connectivity index (χ1) is 14.3. The summed E-state index contributed by atoms with van der Waals surface area (Å²) in [6, 6.07) is 2.55. The van der Waals surface area contributed by atoms with Gasteiger partial charge < -0.3 is 15.0 Å². The van der Waals surface area contributed by atoms with Gasteiger partial charge in [0.25, 0.3) is 5.91 Å². The Morgan fingerprint density at radius 2 is 2.00 bits per heavy atom. The summed E-state index contributed by atoms with van der Waals surface area (Å²) in [5.41, 5.74) is -1.81. The zero-order valence-corrected chi connectivity index (χ0v) is 17.2. The molecule has 4 heterocycles. The Bertz CT molecular complexity index is 1040.